The van der Waals surface area contributed by atoms with E-state index in [0.29, 0.717) is 6.61 Å². The Balaban J connectivity index is 2.21. The molecule has 18 heavy (non-hydrogen) atoms. The van der Waals surface area contributed by atoms with E-state index in [2.05, 4.69) is 25.1 Å². The monoisotopic (exact) mass is 241 g/mol. The number of hydrogen-bond donors (Lipinski definition) is 1. The summed E-state index contributed by atoms with van der Waals surface area (Å²) in [7, 11) is 0. The van der Waals surface area contributed by atoms with Gasteiger partial charge in [-0.1, -0.05) is 55.5 Å². The summed E-state index contributed by atoms with van der Waals surface area (Å²) in [5.41, 5.74) is 8.16. The van der Waals surface area contributed by atoms with Crippen molar-refractivity contribution in [2.75, 3.05) is 6.61 Å². The molecule has 0 saturated heterocycles. The van der Waals surface area contributed by atoms with Gasteiger partial charge in [-0.25, -0.2) is 0 Å². The Morgan fingerprint density at radius 3 is 2.39 bits per heavy atom. The Morgan fingerprint density at radius 1 is 1.00 bits per heavy atom. The van der Waals surface area contributed by atoms with E-state index < -0.39 is 0 Å². The Kier molecular flexibility index (Phi) is 4.37. The van der Waals surface area contributed by atoms with Crippen LogP contribution in [-0.4, -0.2) is 12.6 Å². The van der Waals surface area contributed by atoms with Crippen LogP contribution in [-0.2, 0) is 0 Å². The number of nitrogens with two attached hydrogens (primary N) is 1. The fourth-order valence-electron chi connectivity index (χ4n) is 1.76. The predicted octanol–water partition coefficient (Wildman–Crippen LogP) is 3.47. The van der Waals surface area contributed by atoms with Crippen molar-refractivity contribution in [3.8, 4) is 16.9 Å². The Hall–Kier alpha value is -1.80. The second kappa shape index (κ2) is 6.22. The molecule has 0 heterocycles. The molecule has 1 atom stereocenters. The average Bonchev–Trinajstić information content (AvgIpc) is 2.46. The van der Waals surface area contributed by atoms with Crippen LogP contribution in [0.1, 0.15) is 13.3 Å². The summed E-state index contributed by atoms with van der Waals surface area (Å²) < 4.78 is 5.82. The molecule has 0 fully saturated rings. The molecule has 0 aliphatic rings. The number of benzene rings is 2. The van der Waals surface area contributed by atoms with Gasteiger partial charge in [0.2, 0.25) is 0 Å². The molecule has 2 heteroatoms. The fraction of sp³-hybridized carbons (Fsp3) is 0.250. The van der Waals surface area contributed by atoms with Gasteiger partial charge in [0.1, 0.15) is 12.4 Å². The predicted molar refractivity (Wildman–Crippen MR) is 75.6 cm³/mol. The van der Waals surface area contributed by atoms with Gasteiger partial charge < -0.3 is 10.5 Å². The third-order valence-corrected chi connectivity index (χ3v) is 2.95. The largest absolute Gasteiger partial charge is 0.491 e. The molecule has 2 aromatic rings. The van der Waals surface area contributed by atoms with Crippen LogP contribution in [0.5, 0.6) is 5.75 Å². The minimum Gasteiger partial charge on any atom is -0.491 e. The van der Waals surface area contributed by atoms with Gasteiger partial charge in [0.25, 0.3) is 0 Å². The number of para-hydroxylation sites is 1. The molecule has 0 radical (unpaired) electrons. The van der Waals surface area contributed by atoms with Crippen LogP contribution >= 0.6 is 0 Å². The van der Waals surface area contributed by atoms with Gasteiger partial charge >= 0.3 is 0 Å². The van der Waals surface area contributed by atoms with Gasteiger partial charge in [-0.15, -0.1) is 0 Å². The first-order valence-electron chi connectivity index (χ1n) is 6.34. The average molecular weight is 241 g/mol. The summed E-state index contributed by atoms with van der Waals surface area (Å²) in [6.07, 6.45) is 0.924. The lowest BCUT2D eigenvalue weighted by Gasteiger charge is -2.14. The lowest BCUT2D eigenvalue weighted by Crippen LogP contribution is -2.26. The topological polar surface area (TPSA) is 35.2 Å². The van der Waals surface area contributed by atoms with E-state index in [-0.39, 0.29) is 6.04 Å². The highest BCUT2D eigenvalue weighted by molar-refractivity contribution is 5.70. The highest BCUT2D eigenvalue weighted by Crippen LogP contribution is 2.29. The Labute approximate surface area is 108 Å². The molecule has 0 amide bonds. The van der Waals surface area contributed by atoms with Crippen molar-refractivity contribution >= 4 is 0 Å². The summed E-state index contributed by atoms with van der Waals surface area (Å²) in [5, 5.41) is 0. The third kappa shape index (κ3) is 3.11. The molecule has 0 spiro atoms. The van der Waals surface area contributed by atoms with E-state index in [1.165, 1.54) is 0 Å². The zero-order chi connectivity index (χ0) is 12.8. The summed E-state index contributed by atoms with van der Waals surface area (Å²) in [4.78, 5) is 0. The van der Waals surface area contributed by atoms with Crippen molar-refractivity contribution in [2.24, 2.45) is 5.73 Å². The van der Waals surface area contributed by atoms with E-state index in [1.54, 1.807) is 0 Å². The fourth-order valence-corrected chi connectivity index (χ4v) is 1.76. The van der Waals surface area contributed by atoms with Gasteiger partial charge in [-0.2, -0.15) is 0 Å². The first-order valence-corrected chi connectivity index (χ1v) is 6.34. The van der Waals surface area contributed by atoms with Crippen molar-refractivity contribution in [1.29, 1.82) is 0 Å². The SMILES string of the molecule is CCC(N)COc1ccccc1-c1ccccc1. The van der Waals surface area contributed by atoms with Gasteiger partial charge in [0.05, 0.1) is 0 Å². The van der Waals surface area contributed by atoms with E-state index in [1.807, 2.05) is 36.4 Å². The molecule has 2 nitrogen and oxygen atoms in total. The highest BCUT2D eigenvalue weighted by Gasteiger charge is 2.06. The Bertz CT molecular complexity index is 481. The first kappa shape index (κ1) is 12.7. The number of hydrogen-bond acceptors (Lipinski definition) is 2. The normalized spacial score (nSPS) is 12.1. The van der Waals surface area contributed by atoms with Crippen LogP contribution in [0.3, 0.4) is 0 Å². The smallest absolute Gasteiger partial charge is 0.127 e. The van der Waals surface area contributed by atoms with Crippen LogP contribution < -0.4 is 10.5 Å². The van der Waals surface area contributed by atoms with Gasteiger partial charge in [-0.05, 0) is 18.1 Å². The molecule has 1 unspecified atom stereocenters. The molecule has 2 N–H and O–H groups in total. The second-order valence-corrected chi connectivity index (χ2v) is 4.34. The summed E-state index contributed by atoms with van der Waals surface area (Å²) in [6, 6.07) is 18.4. The maximum absolute atomic E-state index is 5.88. The molecule has 0 aromatic heterocycles. The molecule has 94 valence electrons. The molecule has 0 aliphatic heterocycles. The minimum absolute atomic E-state index is 0.0915. The molecule has 2 aromatic carbocycles. The van der Waals surface area contributed by atoms with Crippen molar-refractivity contribution in [3.05, 3.63) is 54.6 Å². The van der Waals surface area contributed by atoms with Crippen molar-refractivity contribution < 1.29 is 4.74 Å². The molecular weight excluding hydrogens is 222 g/mol. The van der Waals surface area contributed by atoms with E-state index >= 15 is 0 Å². The first-order chi connectivity index (χ1) is 8.81. The van der Waals surface area contributed by atoms with Crippen molar-refractivity contribution in [1.82, 2.24) is 0 Å². The lowest BCUT2D eigenvalue weighted by molar-refractivity contribution is 0.286. The van der Waals surface area contributed by atoms with Crippen LogP contribution in [0.25, 0.3) is 11.1 Å². The van der Waals surface area contributed by atoms with Gasteiger partial charge in [-0.3, -0.25) is 0 Å². The molecule has 2 rings (SSSR count). The molecule has 0 saturated carbocycles. The Morgan fingerprint density at radius 2 is 1.67 bits per heavy atom. The third-order valence-electron chi connectivity index (χ3n) is 2.95. The molecular formula is C16H19NO. The maximum Gasteiger partial charge on any atom is 0.127 e. The summed E-state index contributed by atoms with van der Waals surface area (Å²) >= 11 is 0. The standard InChI is InChI=1S/C16H19NO/c1-2-14(17)12-18-16-11-7-6-10-15(16)13-8-4-3-5-9-13/h3-11,14H,2,12,17H2,1H3. The maximum atomic E-state index is 5.88. The molecule has 0 bridgehead atoms. The zero-order valence-corrected chi connectivity index (χ0v) is 10.7. The van der Waals surface area contributed by atoms with Gasteiger partial charge in [0, 0.05) is 11.6 Å². The highest BCUT2D eigenvalue weighted by atomic mass is 16.5. The van der Waals surface area contributed by atoms with Crippen LogP contribution in [0.15, 0.2) is 54.6 Å². The quantitative estimate of drug-likeness (QED) is 0.870. The van der Waals surface area contributed by atoms with Crippen LogP contribution in [0, 0.1) is 0 Å². The van der Waals surface area contributed by atoms with E-state index in [0.717, 1.165) is 23.3 Å². The summed E-state index contributed by atoms with van der Waals surface area (Å²) in [6.45, 7) is 2.62. The minimum atomic E-state index is 0.0915. The van der Waals surface area contributed by atoms with Gasteiger partial charge in [0.15, 0.2) is 0 Å². The lowest BCUT2D eigenvalue weighted by atomic mass is 10.0. The molecule has 0 aliphatic carbocycles. The zero-order valence-electron chi connectivity index (χ0n) is 10.7. The summed E-state index contributed by atoms with van der Waals surface area (Å²) in [5.74, 6) is 0.896. The van der Waals surface area contributed by atoms with E-state index in [9.17, 15) is 0 Å². The van der Waals surface area contributed by atoms with Crippen molar-refractivity contribution in [2.45, 2.75) is 19.4 Å². The number of rotatable bonds is 5. The van der Waals surface area contributed by atoms with E-state index in [4.69, 9.17) is 10.5 Å². The number of ether oxygens (including phenoxy) is 1. The van der Waals surface area contributed by atoms with Crippen LogP contribution in [0.2, 0.25) is 0 Å². The van der Waals surface area contributed by atoms with Crippen molar-refractivity contribution in [3.63, 3.8) is 0 Å². The van der Waals surface area contributed by atoms with Crippen LogP contribution in [0.4, 0.5) is 0 Å². The second-order valence-electron chi connectivity index (χ2n) is 4.34.